The quantitative estimate of drug-likeness (QED) is 0.629. The number of carbonyl (C=O) groups excluding carboxylic acids is 1. The maximum atomic E-state index is 12.5. The minimum absolute atomic E-state index is 0.154. The highest BCUT2D eigenvalue weighted by atomic mass is 16.5. The predicted molar refractivity (Wildman–Crippen MR) is 114 cm³/mol. The number of nitrogens with one attached hydrogen (secondary N) is 1. The van der Waals surface area contributed by atoms with Crippen molar-refractivity contribution in [3.8, 4) is 11.8 Å². The number of nitrogens with zero attached hydrogens (tertiary/aromatic N) is 3. The van der Waals surface area contributed by atoms with E-state index in [-0.39, 0.29) is 17.2 Å². The van der Waals surface area contributed by atoms with Crippen molar-refractivity contribution in [2.75, 3.05) is 13.1 Å². The van der Waals surface area contributed by atoms with E-state index in [2.05, 4.69) is 32.3 Å². The topological polar surface area (TPSA) is 80.5 Å². The van der Waals surface area contributed by atoms with E-state index in [1.807, 2.05) is 24.3 Å². The molecule has 1 aliphatic heterocycles. The monoisotopic (exact) mass is 418 g/mol. The van der Waals surface area contributed by atoms with Gasteiger partial charge in [0, 0.05) is 24.9 Å². The zero-order valence-corrected chi connectivity index (χ0v) is 17.4. The summed E-state index contributed by atoms with van der Waals surface area (Å²) in [5.41, 5.74) is 1.46. The largest absolute Gasteiger partial charge is 0.467 e. The van der Waals surface area contributed by atoms with Gasteiger partial charge in [0.1, 0.15) is 11.5 Å². The molecule has 3 aromatic rings. The molecular formula is C24H26N4O3. The van der Waals surface area contributed by atoms with Crippen LogP contribution >= 0.6 is 0 Å². The van der Waals surface area contributed by atoms with E-state index in [4.69, 9.17) is 9.15 Å². The molecule has 0 bridgehead atoms. The lowest BCUT2D eigenvalue weighted by atomic mass is 9.90. The van der Waals surface area contributed by atoms with Crippen molar-refractivity contribution in [2.24, 2.45) is 11.3 Å². The third-order valence-corrected chi connectivity index (χ3v) is 6.46. The number of hydrogen-bond donors (Lipinski definition) is 1. The third-order valence-electron chi connectivity index (χ3n) is 6.46. The third kappa shape index (κ3) is 4.61. The Hall–Kier alpha value is -3.19. The summed E-state index contributed by atoms with van der Waals surface area (Å²) >= 11 is 0. The molecule has 7 nitrogen and oxygen atoms in total. The molecule has 0 radical (unpaired) electrons. The highest BCUT2D eigenvalue weighted by Crippen LogP contribution is 2.59. The molecule has 2 aromatic heterocycles. The summed E-state index contributed by atoms with van der Waals surface area (Å²) in [5.74, 6) is 1.85. The predicted octanol–water partition coefficient (Wildman–Crippen LogP) is 3.78. The van der Waals surface area contributed by atoms with Gasteiger partial charge in [-0.2, -0.15) is 0 Å². The van der Waals surface area contributed by atoms with Crippen molar-refractivity contribution in [3.63, 3.8) is 0 Å². The first-order chi connectivity index (χ1) is 15.2. The van der Waals surface area contributed by atoms with E-state index in [1.54, 1.807) is 24.7 Å². The molecule has 5 rings (SSSR count). The van der Waals surface area contributed by atoms with Gasteiger partial charge in [0.15, 0.2) is 0 Å². The Morgan fingerprint density at radius 1 is 1.13 bits per heavy atom. The molecule has 1 saturated carbocycles. The second-order valence-electron chi connectivity index (χ2n) is 8.47. The molecule has 1 atom stereocenters. The van der Waals surface area contributed by atoms with Crippen LogP contribution in [0.2, 0.25) is 0 Å². The molecule has 1 N–H and O–H groups in total. The van der Waals surface area contributed by atoms with Crippen LogP contribution in [-0.2, 0) is 17.9 Å². The fraction of sp³-hybridized carbons (Fsp3) is 0.375. The van der Waals surface area contributed by atoms with Gasteiger partial charge in [0.05, 0.1) is 12.8 Å². The van der Waals surface area contributed by atoms with E-state index in [0.29, 0.717) is 12.6 Å². The number of piperidine rings is 1. The number of likely N-dealkylation sites (tertiary alicyclic amines) is 1. The fourth-order valence-electron chi connectivity index (χ4n) is 4.50. The first-order valence-corrected chi connectivity index (χ1v) is 10.8. The number of carbonyl (C=O) groups is 1. The SMILES string of the molecule is O=C(NCc1ccco1)[C@H]1CC12CCN(Cc1ccc(Oc3ncccn3)cc1)CC2. The minimum Gasteiger partial charge on any atom is -0.467 e. The maximum Gasteiger partial charge on any atom is 0.321 e. The number of hydrogen-bond acceptors (Lipinski definition) is 6. The molecule has 3 heterocycles. The van der Waals surface area contributed by atoms with Gasteiger partial charge in [-0.25, -0.2) is 9.97 Å². The van der Waals surface area contributed by atoms with Gasteiger partial charge in [0.25, 0.3) is 0 Å². The van der Waals surface area contributed by atoms with Crippen LogP contribution in [-0.4, -0.2) is 33.9 Å². The Kier molecular flexibility index (Phi) is 5.42. The molecule has 1 saturated heterocycles. The number of rotatable bonds is 7. The zero-order valence-electron chi connectivity index (χ0n) is 17.4. The Morgan fingerprint density at radius 3 is 2.61 bits per heavy atom. The van der Waals surface area contributed by atoms with E-state index < -0.39 is 0 Å². The van der Waals surface area contributed by atoms with Gasteiger partial charge in [-0.05, 0) is 73.7 Å². The molecule has 1 aromatic carbocycles. The number of amides is 1. The molecule has 2 fully saturated rings. The van der Waals surface area contributed by atoms with Crippen LogP contribution in [0.15, 0.2) is 65.5 Å². The summed E-state index contributed by atoms with van der Waals surface area (Å²) in [6.07, 6.45) is 8.13. The van der Waals surface area contributed by atoms with Crippen LogP contribution in [0.5, 0.6) is 11.8 Å². The summed E-state index contributed by atoms with van der Waals surface area (Å²) in [5, 5.41) is 3.03. The van der Waals surface area contributed by atoms with Crippen LogP contribution in [0, 0.1) is 11.3 Å². The van der Waals surface area contributed by atoms with Gasteiger partial charge in [-0.1, -0.05) is 12.1 Å². The van der Waals surface area contributed by atoms with Crippen LogP contribution < -0.4 is 10.1 Å². The lowest BCUT2D eigenvalue weighted by molar-refractivity contribution is -0.123. The highest BCUT2D eigenvalue weighted by Gasteiger charge is 2.58. The van der Waals surface area contributed by atoms with E-state index >= 15 is 0 Å². The minimum atomic E-state index is 0.154. The van der Waals surface area contributed by atoms with Crippen molar-refractivity contribution < 1.29 is 13.9 Å². The summed E-state index contributed by atoms with van der Waals surface area (Å²) in [6.45, 7) is 3.43. The normalized spacial score (nSPS) is 19.8. The molecule has 160 valence electrons. The lowest BCUT2D eigenvalue weighted by Gasteiger charge is -2.32. The van der Waals surface area contributed by atoms with Crippen molar-refractivity contribution in [3.05, 3.63) is 72.4 Å². The molecule has 0 unspecified atom stereocenters. The molecule has 31 heavy (non-hydrogen) atoms. The molecule has 1 spiro atoms. The van der Waals surface area contributed by atoms with Crippen LogP contribution in [0.25, 0.3) is 0 Å². The molecule has 7 heteroatoms. The first-order valence-electron chi connectivity index (χ1n) is 10.8. The van der Waals surface area contributed by atoms with Crippen LogP contribution in [0.3, 0.4) is 0 Å². The van der Waals surface area contributed by atoms with E-state index in [9.17, 15) is 4.79 Å². The van der Waals surface area contributed by atoms with Gasteiger partial charge in [0.2, 0.25) is 5.91 Å². The number of ether oxygens (including phenoxy) is 1. The van der Waals surface area contributed by atoms with E-state index in [0.717, 1.165) is 50.4 Å². The molecule has 1 amide bonds. The Morgan fingerprint density at radius 2 is 1.90 bits per heavy atom. The summed E-state index contributed by atoms with van der Waals surface area (Å²) < 4.78 is 11.0. The average molecular weight is 418 g/mol. The van der Waals surface area contributed by atoms with Crippen molar-refractivity contribution in [1.82, 2.24) is 20.2 Å². The fourth-order valence-corrected chi connectivity index (χ4v) is 4.50. The Bertz CT molecular complexity index is 997. The van der Waals surface area contributed by atoms with Crippen molar-refractivity contribution in [1.29, 1.82) is 0 Å². The van der Waals surface area contributed by atoms with Gasteiger partial charge < -0.3 is 14.5 Å². The van der Waals surface area contributed by atoms with Crippen molar-refractivity contribution >= 4 is 5.91 Å². The molecule has 2 aliphatic rings. The Labute approximate surface area is 181 Å². The number of aromatic nitrogens is 2. The second kappa shape index (κ2) is 8.51. The highest BCUT2D eigenvalue weighted by molar-refractivity contribution is 5.82. The summed E-state index contributed by atoms with van der Waals surface area (Å²) in [6, 6.07) is 13.9. The maximum absolute atomic E-state index is 12.5. The number of furan rings is 1. The molecule has 1 aliphatic carbocycles. The summed E-state index contributed by atoms with van der Waals surface area (Å²) in [4.78, 5) is 23.1. The number of benzene rings is 1. The average Bonchev–Trinajstić information content (AvgIpc) is 3.24. The Balaban J connectivity index is 1.08. The molecular weight excluding hydrogens is 392 g/mol. The van der Waals surface area contributed by atoms with Gasteiger partial charge in [-0.15, -0.1) is 0 Å². The van der Waals surface area contributed by atoms with Gasteiger partial charge in [-0.3, -0.25) is 9.69 Å². The zero-order chi connectivity index (χ0) is 21.1. The van der Waals surface area contributed by atoms with Crippen LogP contribution in [0.1, 0.15) is 30.6 Å². The summed E-state index contributed by atoms with van der Waals surface area (Å²) in [7, 11) is 0. The smallest absolute Gasteiger partial charge is 0.321 e. The van der Waals surface area contributed by atoms with Crippen LogP contribution in [0.4, 0.5) is 0 Å². The van der Waals surface area contributed by atoms with Crippen molar-refractivity contribution in [2.45, 2.75) is 32.4 Å². The lowest BCUT2D eigenvalue weighted by Crippen LogP contribution is -2.36. The van der Waals surface area contributed by atoms with E-state index in [1.165, 1.54) is 5.56 Å². The standard InChI is InChI=1S/C24H26N4O3/c29-22(27-16-20-3-1-14-30-20)21-15-24(21)8-12-28(13-9-24)17-18-4-6-19(7-5-18)31-23-25-10-2-11-26-23/h1-7,10-11,14,21H,8-9,12-13,15-17H2,(H,27,29)/t21-/m1/s1. The second-order valence-corrected chi connectivity index (χ2v) is 8.47. The van der Waals surface area contributed by atoms with Gasteiger partial charge >= 0.3 is 6.01 Å². The first kappa shape index (κ1) is 19.8.